The van der Waals surface area contributed by atoms with Crippen LogP contribution in [0, 0.1) is 0 Å². The highest BCUT2D eigenvalue weighted by Gasteiger charge is 1.82. The summed E-state index contributed by atoms with van der Waals surface area (Å²) in [5, 5.41) is 2.91. The van der Waals surface area contributed by atoms with Crippen molar-refractivity contribution in [1.82, 2.24) is 10.8 Å². The van der Waals surface area contributed by atoms with Crippen molar-refractivity contribution in [2.45, 2.75) is 13.8 Å². The topological polar surface area (TPSA) is 59.3 Å². The van der Waals surface area contributed by atoms with Crippen molar-refractivity contribution in [3.63, 3.8) is 0 Å². The second-order valence-corrected chi connectivity index (χ2v) is 1.58. The van der Waals surface area contributed by atoms with E-state index in [0.29, 0.717) is 12.4 Å². The van der Waals surface area contributed by atoms with Gasteiger partial charge in [-0.3, -0.25) is 10.3 Å². The van der Waals surface area contributed by atoms with Crippen LogP contribution in [0.15, 0.2) is 12.4 Å². The smallest absolute Gasteiger partial charge is 0.113 e. The Morgan fingerprint density at radius 2 is 2.09 bits per heavy atom. The van der Waals surface area contributed by atoms with Gasteiger partial charge in [-0.1, -0.05) is 20.4 Å². The second-order valence-electron chi connectivity index (χ2n) is 1.58. The van der Waals surface area contributed by atoms with Gasteiger partial charge in [-0.25, -0.2) is 0 Å². The summed E-state index contributed by atoms with van der Waals surface area (Å²) in [7, 11) is 1.85. The molecule has 4 heteroatoms. The van der Waals surface area contributed by atoms with E-state index in [1.54, 1.807) is 0 Å². The molecule has 4 N–H and O–H groups in total. The number of hydrogen-bond donors (Lipinski definition) is 3. The average Bonchev–Trinajstić information content (AvgIpc) is 2.02. The quantitative estimate of drug-likeness (QED) is 0.398. The first kappa shape index (κ1) is 12.9. The number of hydroxylamine groups is 1. The Kier molecular flexibility index (Phi) is 14.1. The highest BCUT2D eigenvalue weighted by Crippen LogP contribution is 1.68. The zero-order valence-corrected chi connectivity index (χ0v) is 7.61. The predicted molar refractivity (Wildman–Crippen MR) is 47.7 cm³/mol. The molecule has 0 saturated heterocycles. The minimum Gasteiger partial charge on any atom is -0.384 e. The molecule has 0 spiro atoms. The SMILES string of the molecule is C=C(N)NOCCNC.CC. The minimum absolute atomic E-state index is 0.325. The summed E-state index contributed by atoms with van der Waals surface area (Å²) in [5.41, 5.74) is 7.55. The van der Waals surface area contributed by atoms with Gasteiger partial charge in [0.25, 0.3) is 0 Å². The minimum atomic E-state index is 0.325. The Bertz CT molecular complexity index is 85.8. The van der Waals surface area contributed by atoms with Crippen LogP contribution >= 0.6 is 0 Å². The summed E-state index contributed by atoms with van der Waals surface area (Å²) in [4.78, 5) is 4.80. The average molecular weight is 161 g/mol. The third-order valence-electron chi connectivity index (χ3n) is 0.657. The molecular weight excluding hydrogens is 142 g/mol. The molecule has 0 radical (unpaired) electrons. The summed E-state index contributed by atoms with van der Waals surface area (Å²) < 4.78 is 0. The highest BCUT2D eigenvalue weighted by atomic mass is 16.6. The standard InChI is InChI=1S/C5H13N3O.C2H6/c1-5(6)8-9-4-3-7-2;1-2/h7-8H,1,3-4,6H2,2H3;1-2H3. The maximum Gasteiger partial charge on any atom is 0.113 e. The first-order chi connectivity index (χ1) is 5.27. The van der Waals surface area contributed by atoms with Crippen LogP contribution in [0.5, 0.6) is 0 Å². The van der Waals surface area contributed by atoms with Crippen LogP contribution < -0.4 is 16.5 Å². The molecule has 0 rings (SSSR count). The first-order valence-corrected chi connectivity index (χ1v) is 3.74. The highest BCUT2D eigenvalue weighted by molar-refractivity contribution is 4.76. The second kappa shape index (κ2) is 12.0. The lowest BCUT2D eigenvalue weighted by Crippen LogP contribution is -2.24. The van der Waals surface area contributed by atoms with E-state index < -0.39 is 0 Å². The predicted octanol–water partition coefficient (Wildman–Crippen LogP) is 0.183. The zero-order valence-electron chi connectivity index (χ0n) is 7.61. The molecule has 4 nitrogen and oxygen atoms in total. The molecule has 0 bridgehead atoms. The summed E-state index contributed by atoms with van der Waals surface area (Å²) in [6.07, 6.45) is 0. The van der Waals surface area contributed by atoms with Crippen molar-refractivity contribution in [1.29, 1.82) is 0 Å². The fourth-order valence-corrected chi connectivity index (χ4v) is 0.297. The number of nitrogens with one attached hydrogen (secondary N) is 2. The summed E-state index contributed by atoms with van der Waals surface area (Å²) in [6, 6.07) is 0. The van der Waals surface area contributed by atoms with Crippen LogP contribution in [0.4, 0.5) is 0 Å². The van der Waals surface area contributed by atoms with Crippen molar-refractivity contribution >= 4 is 0 Å². The van der Waals surface area contributed by atoms with Gasteiger partial charge in [0.05, 0.1) is 6.61 Å². The fraction of sp³-hybridized carbons (Fsp3) is 0.714. The molecule has 0 heterocycles. The van der Waals surface area contributed by atoms with E-state index >= 15 is 0 Å². The monoisotopic (exact) mass is 161 g/mol. The van der Waals surface area contributed by atoms with Crippen molar-refractivity contribution in [2.24, 2.45) is 5.73 Å². The van der Waals surface area contributed by atoms with Crippen LogP contribution in [0.2, 0.25) is 0 Å². The molecular formula is C7H19N3O. The fourth-order valence-electron chi connectivity index (χ4n) is 0.297. The van der Waals surface area contributed by atoms with Crippen LogP contribution in [-0.2, 0) is 4.84 Å². The maximum atomic E-state index is 5.12. The van der Waals surface area contributed by atoms with Crippen molar-refractivity contribution < 1.29 is 4.84 Å². The Labute approximate surface area is 68.8 Å². The van der Waals surface area contributed by atoms with E-state index in [1.165, 1.54) is 0 Å². The van der Waals surface area contributed by atoms with Crippen LogP contribution in [0.3, 0.4) is 0 Å². The van der Waals surface area contributed by atoms with Gasteiger partial charge in [-0.2, -0.15) is 0 Å². The van der Waals surface area contributed by atoms with Gasteiger partial charge in [-0.05, 0) is 7.05 Å². The van der Waals surface area contributed by atoms with Gasteiger partial charge < -0.3 is 11.1 Å². The van der Waals surface area contributed by atoms with Gasteiger partial charge in [0.2, 0.25) is 0 Å². The number of nitrogens with two attached hydrogens (primary N) is 1. The van der Waals surface area contributed by atoms with Gasteiger partial charge >= 0.3 is 0 Å². The number of hydrogen-bond acceptors (Lipinski definition) is 4. The summed E-state index contributed by atoms with van der Waals surface area (Å²) in [5.74, 6) is 0.325. The van der Waals surface area contributed by atoms with E-state index in [9.17, 15) is 0 Å². The molecule has 0 aliphatic carbocycles. The van der Waals surface area contributed by atoms with E-state index in [2.05, 4.69) is 17.4 Å². The normalized spacial score (nSPS) is 7.91. The molecule has 0 aromatic carbocycles. The Morgan fingerprint density at radius 1 is 1.55 bits per heavy atom. The Morgan fingerprint density at radius 3 is 2.45 bits per heavy atom. The van der Waals surface area contributed by atoms with Crippen molar-refractivity contribution in [3.8, 4) is 0 Å². The Balaban J connectivity index is 0. The molecule has 0 aromatic heterocycles. The van der Waals surface area contributed by atoms with Crippen LogP contribution in [0.1, 0.15) is 13.8 Å². The zero-order chi connectivity index (χ0) is 9.11. The summed E-state index contributed by atoms with van der Waals surface area (Å²) >= 11 is 0. The molecule has 0 saturated carbocycles. The van der Waals surface area contributed by atoms with Gasteiger partial charge in [0.1, 0.15) is 5.82 Å². The van der Waals surface area contributed by atoms with E-state index in [0.717, 1.165) is 6.54 Å². The van der Waals surface area contributed by atoms with Crippen LogP contribution in [-0.4, -0.2) is 20.2 Å². The van der Waals surface area contributed by atoms with E-state index in [4.69, 9.17) is 10.6 Å². The lowest BCUT2D eigenvalue weighted by molar-refractivity contribution is 0.0651. The van der Waals surface area contributed by atoms with Crippen LogP contribution in [0.25, 0.3) is 0 Å². The van der Waals surface area contributed by atoms with Crippen molar-refractivity contribution in [3.05, 3.63) is 12.4 Å². The molecule has 0 atom stereocenters. The molecule has 0 aromatic rings. The largest absolute Gasteiger partial charge is 0.384 e. The molecule has 68 valence electrons. The molecule has 0 unspecified atom stereocenters. The van der Waals surface area contributed by atoms with Gasteiger partial charge in [0, 0.05) is 6.54 Å². The number of rotatable bonds is 5. The third kappa shape index (κ3) is 17.6. The molecule has 0 fully saturated rings. The molecule has 0 aliphatic rings. The lowest BCUT2D eigenvalue weighted by Gasteiger charge is -2.03. The molecule has 0 aliphatic heterocycles. The third-order valence-corrected chi connectivity index (χ3v) is 0.657. The molecule has 11 heavy (non-hydrogen) atoms. The summed E-state index contributed by atoms with van der Waals surface area (Å²) in [6.45, 7) is 8.74. The maximum absolute atomic E-state index is 5.12. The molecule has 0 amide bonds. The van der Waals surface area contributed by atoms with Crippen molar-refractivity contribution in [2.75, 3.05) is 20.2 Å². The van der Waals surface area contributed by atoms with Gasteiger partial charge in [0.15, 0.2) is 0 Å². The van der Waals surface area contributed by atoms with E-state index in [1.807, 2.05) is 20.9 Å². The number of likely N-dealkylation sites (N-methyl/N-ethyl adjacent to an activating group) is 1. The first-order valence-electron chi connectivity index (χ1n) is 3.74. The Hall–Kier alpha value is -0.740. The van der Waals surface area contributed by atoms with E-state index in [-0.39, 0.29) is 0 Å². The van der Waals surface area contributed by atoms with Gasteiger partial charge in [-0.15, -0.1) is 0 Å². The lowest BCUT2D eigenvalue weighted by atomic mass is 10.7.